The molecule has 4 aromatic rings. The van der Waals surface area contributed by atoms with Crippen LogP contribution in [0.3, 0.4) is 0 Å². The summed E-state index contributed by atoms with van der Waals surface area (Å²) in [7, 11) is 0. The van der Waals surface area contributed by atoms with Gasteiger partial charge < -0.3 is 9.47 Å². The van der Waals surface area contributed by atoms with Gasteiger partial charge in [-0.1, -0.05) is 72.3 Å². The van der Waals surface area contributed by atoms with Gasteiger partial charge in [0.1, 0.15) is 6.10 Å². The van der Waals surface area contributed by atoms with Crippen LogP contribution in [0.4, 0.5) is 0 Å². The number of ether oxygens (including phenoxy) is 2. The Labute approximate surface area is 256 Å². The molecule has 1 aliphatic rings. The summed E-state index contributed by atoms with van der Waals surface area (Å²) in [6, 6.07) is 26.3. The SMILES string of the molecule is CS(=O)O[C@@H](CCc1ccccc1C(C)(C)OC1CCCCO1)c1cccc(/C=C/c2ccc3ccc(Cl)cc3n2)c1. The van der Waals surface area contributed by atoms with E-state index in [1.54, 1.807) is 6.26 Å². The maximum Gasteiger partial charge on any atom is 0.158 e. The molecule has 0 bridgehead atoms. The van der Waals surface area contributed by atoms with Gasteiger partial charge in [-0.15, -0.1) is 0 Å². The van der Waals surface area contributed by atoms with E-state index in [2.05, 4.69) is 44.2 Å². The third-order valence-electron chi connectivity index (χ3n) is 7.56. The molecule has 220 valence electrons. The number of halogens is 1. The van der Waals surface area contributed by atoms with Crippen molar-refractivity contribution in [3.63, 3.8) is 0 Å². The highest BCUT2D eigenvalue weighted by atomic mass is 35.5. The van der Waals surface area contributed by atoms with Crippen LogP contribution in [0.15, 0.2) is 78.9 Å². The second kappa shape index (κ2) is 14.1. The smallest absolute Gasteiger partial charge is 0.158 e. The summed E-state index contributed by atoms with van der Waals surface area (Å²) in [5.74, 6) is 0. The largest absolute Gasteiger partial charge is 0.353 e. The zero-order valence-electron chi connectivity index (χ0n) is 24.4. The fourth-order valence-electron chi connectivity index (χ4n) is 5.49. The number of pyridine rings is 1. The fourth-order valence-corrected chi connectivity index (χ4v) is 6.19. The Morgan fingerprint density at radius 1 is 1.05 bits per heavy atom. The van der Waals surface area contributed by atoms with Crippen LogP contribution < -0.4 is 0 Å². The van der Waals surface area contributed by atoms with Gasteiger partial charge in [0.15, 0.2) is 17.4 Å². The van der Waals surface area contributed by atoms with Crippen molar-refractivity contribution in [1.82, 2.24) is 4.98 Å². The Morgan fingerprint density at radius 3 is 2.69 bits per heavy atom. The van der Waals surface area contributed by atoms with Gasteiger partial charge in [0.05, 0.1) is 16.8 Å². The highest BCUT2D eigenvalue weighted by Crippen LogP contribution is 2.34. The van der Waals surface area contributed by atoms with E-state index in [1.807, 2.05) is 60.7 Å². The van der Waals surface area contributed by atoms with E-state index in [-0.39, 0.29) is 12.4 Å². The minimum absolute atomic E-state index is 0.182. The van der Waals surface area contributed by atoms with Crippen LogP contribution in [0.25, 0.3) is 23.1 Å². The lowest BCUT2D eigenvalue weighted by atomic mass is 9.89. The number of fused-ring (bicyclic) bond motifs is 1. The second-order valence-corrected chi connectivity index (χ2v) is 12.6. The Bertz CT molecular complexity index is 1560. The van der Waals surface area contributed by atoms with Crippen molar-refractivity contribution in [3.05, 3.63) is 112 Å². The summed E-state index contributed by atoms with van der Waals surface area (Å²) in [6.07, 6.45) is 9.63. The molecule has 7 heteroatoms. The first-order chi connectivity index (χ1) is 20.3. The Balaban J connectivity index is 1.32. The lowest BCUT2D eigenvalue weighted by molar-refractivity contribution is -0.219. The quantitative estimate of drug-likeness (QED) is 0.171. The first-order valence-corrected chi connectivity index (χ1v) is 16.4. The molecule has 0 amide bonds. The van der Waals surface area contributed by atoms with E-state index in [9.17, 15) is 4.21 Å². The lowest BCUT2D eigenvalue weighted by Gasteiger charge is -2.34. The summed E-state index contributed by atoms with van der Waals surface area (Å²) >= 11 is 4.74. The van der Waals surface area contributed by atoms with E-state index < -0.39 is 16.7 Å². The minimum Gasteiger partial charge on any atom is -0.353 e. The van der Waals surface area contributed by atoms with Gasteiger partial charge in [0.25, 0.3) is 0 Å². The van der Waals surface area contributed by atoms with Crippen LogP contribution in [0.2, 0.25) is 5.02 Å². The summed E-state index contributed by atoms with van der Waals surface area (Å²) in [4.78, 5) is 4.72. The molecule has 0 N–H and O–H groups in total. The van der Waals surface area contributed by atoms with Crippen molar-refractivity contribution in [3.8, 4) is 0 Å². The van der Waals surface area contributed by atoms with Crippen LogP contribution >= 0.6 is 11.6 Å². The number of aryl methyl sites for hydroxylation is 1. The molecule has 0 aliphatic carbocycles. The molecule has 0 spiro atoms. The molecule has 3 atom stereocenters. The van der Waals surface area contributed by atoms with Gasteiger partial charge >= 0.3 is 0 Å². The van der Waals surface area contributed by atoms with Gasteiger partial charge in [-0.2, -0.15) is 0 Å². The Morgan fingerprint density at radius 2 is 1.88 bits per heavy atom. The topological polar surface area (TPSA) is 57.7 Å². The van der Waals surface area contributed by atoms with E-state index in [1.165, 1.54) is 5.56 Å². The standard InChI is InChI=1S/C35H38ClNO4S/c1-35(2,40-34-13-6-7-22-39-34)31-12-5-4-10-26(31)17-21-33(41-42(3)38)28-11-8-9-25(23-28)14-19-30-20-16-27-15-18-29(36)24-32(27)37-30/h4-5,8-12,14-16,18-20,23-24,33-34H,6-7,13,17,21-22H2,1-3H3/b19-14+/t33-,34?,42?/m0/s1. The third kappa shape index (κ3) is 8.15. The van der Waals surface area contributed by atoms with Gasteiger partial charge in [0, 0.05) is 23.3 Å². The van der Waals surface area contributed by atoms with Gasteiger partial charge in [-0.3, -0.25) is 4.18 Å². The fraction of sp³-hybridized carbons (Fsp3) is 0.343. The Kier molecular flexibility index (Phi) is 10.2. The van der Waals surface area contributed by atoms with Crippen LogP contribution in [0.1, 0.15) is 73.6 Å². The van der Waals surface area contributed by atoms with E-state index in [4.69, 9.17) is 30.2 Å². The number of benzene rings is 3. The zero-order valence-corrected chi connectivity index (χ0v) is 26.0. The number of hydrogen-bond donors (Lipinski definition) is 0. The number of aromatic nitrogens is 1. The van der Waals surface area contributed by atoms with E-state index in [0.717, 1.165) is 65.6 Å². The number of nitrogens with zero attached hydrogens (tertiary/aromatic N) is 1. The van der Waals surface area contributed by atoms with Crippen molar-refractivity contribution in [1.29, 1.82) is 0 Å². The predicted molar refractivity (Wildman–Crippen MR) is 172 cm³/mol. The maximum absolute atomic E-state index is 12.2. The van der Waals surface area contributed by atoms with Crippen molar-refractivity contribution < 1.29 is 17.9 Å². The molecular formula is C35H38ClNO4S. The minimum atomic E-state index is -1.42. The van der Waals surface area contributed by atoms with Crippen LogP contribution in [0.5, 0.6) is 0 Å². The highest BCUT2D eigenvalue weighted by Gasteiger charge is 2.29. The third-order valence-corrected chi connectivity index (χ3v) is 8.30. The average Bonchev–Trinajstić information content (AvgIpc) is 2.98. The van der Waals surface area contributed by atoms with Gasteiger partial charge in [-0.05, 0) is 98.5 Å². The predicted octanol–water partition coefficient (Wildman–Crippen LogP) is 8.82. The summed E-state index contributed by atoms with van der Waals surface area (Å²) in [6.45, 7) is 4.96. The molecule has 3 aromatic carbocycles. The van der Waals surface area contributed by atoms with Crippen molar-refractivity contribution in [2.24, 2.45) is 0 Å². The molecule has 1 aliphatic heterocycles. The van der Waals surface area contributed by atoms with Crippen molar-refractivity contribution in [2.75, 3.05) is 12.9 Å². The molecule has 1 aromatic heterocycles. The van der Waals surface area contributed by atoms with Crippen LogP contribution in [0, 0.1) is 0 Å². The zero-order chi connectivity index (χ0) is 29.5. The summed E-state index contributed by atoms with van der Waals surface area (Å²) < 4.78 is 30.5. The molecule has 5 nitrogen and oxygen atoms in total. The lowest BCUT2D eigenvalue weighted by Crippen LogP contribution is -2.33. The van der Waals surface area contributed by atoms with E-state index in [0.29, 0.717) is 11.4 Å². The number of rotatable bonds is 11. The van der Waals surface area contributed by atoms with E-state index >= 15 is 0 Å². The second-order valence-electron chi connectivity index (χ2n) is 11.2. The van der Waals surface area contributed by atoms with Gasteiger partial charge in [-0.25, -0.2) is 9.19 Å². The molecule has 42 heavy (non-hydrogen) atoms. The van der Waals surface area contributed by atoms with Crippen LogP contribution in [-0.2, 0) is 36.8 Å². The van der Waals surface area contributed by atoms with Crippen molar-refractivity contribution >= 4 is 45.7 Å². The first-order valence-electron chi connectivity index (χ1n) is 14.5. The molecule has 5 rings (SSSR count). The molecule has 0 radical (unpaired) electrons. The maximum atomic E-state index is 12.2. The summed E-state index contributed by atoms with van der Waals surface area (Å²) in [5, 5.41) is 1.71. The Hall–Kier alpha value is -2.87. The molecular weight excluding hydrogens is 566 g/mol. The summed E-state index contributed by atoms with van der Waals surface area (Å²) in [5.41, 5.74) is 5.52. The monoisotopic (exact) mass is 603 g/mol. The molecule has 2 unspecified atom stereocenters. The molecule has 1 fully saturated rings. The normalized spacial score (nSPS) is 17.5. The molecule has 2 heterocycles. The van der Waals surface area contributed by atoms with Crippen molar-refractivity contribution in [2.45, 2.75) is 63.9 Å². The average molecular weight is 604 g/mol. The molecule has 1 saturated heterocycles. The number of hydrogen-bond acceptors (Lipinski definition) is 5. The highest BCUT2D eigenvalue weighted by molar-refractivity contribution is 7.79. The molecule has 0 saturated carbocycles. The van der Waals surface area contributed by atoms with Gasteiger partial charge in [0.2, 0.25) is 0 Å². The first kappa shape index (κ1) is 30.6. The van der Waals surface area contributed by atoms with Crippen LogP contribution in [-0.4, -0.2) is 28.3 Å².